The smallest absolute Gasteiger partial charge is 0.414 e. The van der Waals surface area contributed by atoms with Gasteiger partial charge in [0.25, 0.3) is 0 Å². The van der Waals surface area contributed by atoms with Crippen LogP contribution in [0.5, 0.6) is 5.75 Å². The average molecular weight is 683 g/mol. The summed E-state index contributed by atoms with van der Waals surface area (Å²) in [5, 5.41) is 48.5. The summed E-state index contributed by atoms with van der Waals surface area (Å²) in [4.78, 5) is 55.3. The van der Waals surface area contributed by atoms with Crippen LogP contribution in [0, 0.1) is 0 Å². The molecule has 0 radical (unpaired) electrons. The van der Waals surface area contributed by atoms with Gasteiger partial charge in [-0.1, -0.05) is 23.2 Å². The first kappa shape index (κ1) is 37.6. The van der Waals surface area contributed by atoms with Crippen LogP contribution in [0.25, 0.3) is 10.9 Å². The van der Waals surface area contributed by atoms with Gasteiger partial charge < -0.3 is 45.8 Å². The van der Waals surface area contributed by atoms with E-state index >= 15 is 0 Å². The number of methoxy groups -OCH3 is 1. The molecular weight excluding hydrogens is 651 g/mol. The van der Waals surface area contributed by atoms with E-state index in [9.17, 15) is 9.90 Å². The summed E-state index contributed by atoms with van der Waals surface area (Å²) < 4.78 is 5.34. The van der Waals surface area contributed by atoms with E-state index in [1.807, 2.05) is 24.3 Å². The van der Waals surface area contributed by atoms with Crippen LogP contribution >= 0.6 is 23.2 Å². The average Bonchev–Trinajstić information content (AvgIpc) is 3.00. The number of fused-ring (bicyclic) bond motifs is 1. The molecule has 7 N–H and O–H groups in total. The zero-order chi connectivity index (χ0) is 34.4. The number of nitrogens with one attached hydrogen (secondary N) is 2. The van der Waals surface area contributed by atoms with Crippen LogP contribution in [0.2, 0.25) is 10.0 Å². The van der Waals surface area contributed by atoms with Gasteiger partial charge in [0.05, 0.1) is 25.3 Å². The minimum Gasteiger partial charge on any atom is -0.497 e. The lowest BCUT2D eigenvalue weighted by molar-refractivity contribution is -0.159. The third-order valence-electron chi connectivity index (χ3n) is 6.42. The molecule has 4 rings (SSSR count). The molecule has 0 bridgehead atoms. The Balaban J connectivity index is 0.000000522. The fraction of sp³-hybridized carbons (Fsp3) is 0.310. The number of aliphatic hydroxyl groups excluding tert-OH is 1. The van der Waals surface area contributed by atoms with E-state index in [0.717, 1.165) is 48.1 Å². The number of carbonyl (C=O) groups excluding carboxylic acids is 1. The van der Waals surface area contributed by atoms with E-state index in [1.165, 1.54) is 0 Å². The highest BCUT2D eigenvalue weighted by Gasteiger charge is 2.23. The van der Waals surface area contributed by atoms with Crippen molar-refractivity contribution in [2.45, 2.75) is 25.0 Å². The molecule has 1 fully saturated rings. The molecule has 1 aliphatic heterocycles. The number of likely N-dealkylation sites (tertiary alicyclic amines) is 1. The monoisotopic (exact) mass is 682 g/mol. The van der Waals surface area contributed by atoms with Gasteiger partial charge in [0, 0.05) is 39.9 Å². The molecule has 17 heteroatoms. The Labute approximate surface area is 272 Å². The summed E-state index contributed by atoms with van der Waals surface area (Å²) in [7, 11) is 1.63. The van der Waals surface area contributed by atoms with Crippen molar-refractivity contribution in [3.8, 4) is 5.75 Å². The van der Waals surface area contributed by atoms with Crippen molar-refractivity contribution in [1.29, 1.82) is 0 Å². The van der Waals surface area contributed by atoms with Crippen molar-refractivity contribution in [1.82, 2.24) is 15.2 Å². The summed E-state index contributed by atoms with van der Waals surface area (Å²) in [5.41, 5.74) is 2.26. The number of rotatable bonds is 8. The molecule has 0 saturated carbocycles. The third kappa shape index (κ3) is 12.8. The number of anilines is 1. The van der Waals surface area contributed by atoms with Crippen LogP contribution in [0.3, 0.4) is 0 Å². The van der Waals surface area contributed by atoms with Crippen LogP contribution in [0.1, 0.15) is 24.5 Å². The number of pyridine rings is 1. The summed E-state index contributed by atoms with van der Waals surface area (Å²) in [6.07, 6.45) is 2.89. The van der Waals surface area contributed by atoms with Gasteiger partial charge in [0.2, 0.25) is 5.91 Å². The number of hydrogen-bond acceptors (Lipinski definition) is 10. The van der Waals surface area contributed by atoms with E-state index in [-0.39, 0.29) is 18.5 Å². The molecule has 15 nitrogen and oxygen atoms in total. The van der Waals surface area contributed by atoms with Gasteiger partial charge >= 0.3 is 23.9 Å². The molecule has 0 aliphatic carbocycles. The molecule has 46 heavy (non-hydrogen) atoms. The van der Waals surface area contributed by atoms with Gasteiger partial charge in [-0.25, -0.2) is 19.2 Å². The summed E-state index contributed by atoms with van der Waals surface area (Å²) in [6.45, 7) is 2.43. The number of piperidine rings is 1. The molecule has 1 aliphatic rings. The number of ether oxygens (including phenoxy) is 1. The number of aliphatic carboxylic acids is 4. The van der Waals surface area contributed by atoms with Crippen LogP contribution in [0.4, 0.5) is 5.69 Å². The Hall–Kier alpha value is -4.54. The molecule has 0 spiro atoms. The Morgan fingerprint density at radius 1 is 0.913 bits per heavy atom. The highest BCUT2D eigenvalue weighted by atomic mass is 35.5. The number of amides is 1. The highest BCUT2D eigenvalue weighted by Crippen LogP contribution is 2.28. The molecule has 1 aromatic heterocycles. The lowest BCUT2D eigenvalue weighted by Gasteiger charge is -2.33. The van der Waals surface area contributed by atoms with Crippen LogP contribution < -0.4 is 15.4 Å². The maximum absolute atomic E-state index is 12.3. The van der Waals surface area contributed by atoms with E-state index in [2.05, 4.69) is 20.5 Å². The molecule has 3 aromatic rings. The molecule has 1 atom stereocenters. The second kappa shape index (κ2) is 18.4. The van der Waals surface area contributed by atoms with Gasteiger partial charge in [-0.15, -0.1) is 0 Å². The van der Waals surface area contributed by atoms with Gasteiger partial charge in [-0.05, 0) is 74.0 Å². The number of carboxylic acids is 4. The van der Waals surface area contributed by atoms with Crippen molar-refractivity contribution in [3.05, 3.63) is 64.3 Å². The molecular formula is C29H32Cl2N4O11. The normalized spacial score (nSPS) is 13.7. The second-order valence-electron chi connectivity index (χ2n) is 9.68. The molecule has 1 saturated heterocycles. The van der Waals surface area contributed by atoms with Crippen molar-refractivity contribution in [3.63, 3.8) is 0 Å². The fourth-order valence-electron chi connectivity index (χ4n) is 4.29. The number of carbonyl (C=O) groups is 5. The topological polar surface area (TPSA) is 236 Å². The van der Waals surface area contributed by atoms with E-state index in [1.54, 1.807) is 31.5 Å². The van der Waals surface area contributed by atoms with Gasteiger partial charge in [0.15, 0.2) is 0 Å². The second-order valence-corrected chi connectivity index (χ2v) is 10.6. The molecule has 2 heterocycles. The van der Waals surface area contributed by atoms with Crippen LogP contribution in [-0.2, 0) is 24.0 Å². The van der Waals surface area contributed by atoms with Gasteiger partial charge in [-0.3, -0.25) is 9.78 Å². The number of halogens is 2. The number of β-amino-alcohol motifs (C(OH)–C–C–N with tert-alkyl or cyclic N) is 1. The first-order valence-corrected chi connectivity index (χ1v) is 14.2. The van der Waals surface area contributed by atoms with Crippen molar-refractivity contribution >= 4 is 69.6 Å². The lowest BCUT2D eigenvalue weighted by atomic mass is 10.0. The van der Waals surface area contributed by atoms with Crippen molar-refractivity contribution in [2.24, 2.45) is 0 Å². The predicted octanol–water partition coefficient (Wildman–Crippen LogP) is 2.59. The Morgan fingerprint density at radius 3 is 2.00 bits per heavy atom. The maximum Gasteiger partial charge on any atom is 0.414 e. The number of hydrogen-bond donors (Lipinski definition) is 7. The first-order valence-electron chi connectivity index (χ1n) is 13.4. The Bertz CT molecular complexity index is 1480. The number of aromatic nitrogens is 1. The zero-order valence-electron chi connectivity index (χ0n) is 24.4. The zero-order valence-corrected chi connectivity index (χ0v) is 25.9. The first-order chi connectivity index (χ1) is 21.7. The predicted molar refractivity (Wildman–Crippen MR) is 166 cm³/mol. The number of carboxylic acid groups (broad SMARTS) is 4. The number of aliphatic hydroxyl groups is 1. The molecule has 248 valence electrons. The van der Waals surface area contributed by atoms with E-state index < -0.39 is 30.0 Å². The Morgan fingerprint density at radius 2 is 1.48 bits per heavy atom. The third-order valence-corrected chi connectivity index (χ3v) is 6.86. The van der Waals surface area contributed by atoms with Gasteiger partial charge in [-0.2, -0.15) is 0 Å². The number of nitrogens with zero attached hydrogens (tertiary/aromatic N) is 2. The maximum atomic E-state index is 12.3. The SMILES string of the molecule is COc1ccc2nccc([C@@H](O)CN3CCC(NCC(=O)Nc4cc(Cl)cc(Cl)c4)CC3)c2c1.O=C(O)C(=O)O.O=C(O)C(=O)O. The van der Waals surface area contributed by atoms with E-state index in [0.29, 0.717) is 22.3 Å². The molecule has 0 unspecified atom stereocenters. The van der Waals surface area contributed by atoms with Crippen LogP contribution in [-0.4, -0.2) is 105 Å². The molecule has 1 amide bonds. The van der Waals surface area contributed by atoms with E-state index in [4.69, 9.17) is 67.5 Å². The largest absolute Gasteiger partial charge is 0.497 e. The Kier molecular flexibility index (Phi) is 15.1. The summed E-state index contributed by atoms with van der Waals surface area (Å²) in [5.74, 6) is -6.70. The summed E-state index contributed by atoms with van der Waals surface area (Å²) in [6, 6.07) is 12.7. The molecule has 2 aromatic carbocycles. The number of benzene rings is 2. The lowest BCUT2D eigenvalue weighted by Crippen LogP contribution is -2.45. The highest BCUT2D eigenvalue weighted by molar-refractivity contribution is 6.35. The quantitative estimate of drug-likeness (QED) is 0.169. The minimum atomic E-state index is -1.82. The van der Waals surface area contributed by atoms with Gasteiger partial charge in [0.1, 0.15) is 5.75 Å². The fourth-order valence-corrected chi connectivity index (χ4v) is 4.82. The van der Waals surface area contributed by atoms with Crippen molar-refractivity contribution in [2.75, 3.05) is 38.6 Å². The summed E-state index contributed by atoms with van der Waals surface area (Å²) >= 11 is 12.0. The minimum absolute atomic E-state index is 0.142. The van der Waals surface area contributed by atoms with Crippen molar-refractivity contribution < 1.29 is 54.2 Å². The standard InChI is InChI=1S/C25H28Cl2N4O3.2C2H2O4/c1-34-20-2-3-23-22(13-20)21(4-7-28-23)24(32)15-31-8-5-18(6-9-31)29-14-25(33)30-19-11-16(26)10-17(27)12-19;2*3-1(4)2(5)6/h2-4,7,10-13,18,24,29,32H,5-6,8-9,14-15H2,1H3,(H,30,33);2*(H,3,4)(H,5,6)/t24-;;/m0../s1. The van der Waals surface area contributed by atoms with Crippen LogP contribution in [0.15, 0.2) is 48.7 Å².